The zero-order valence-corrected chi connectivity index (χ0v) is 19.7. The number of rotatable bonds is 4. The van der Waals surface area contributed by atoms with Crippen molar-refractivity contribution in [3.8, 4) is 22.4 Å². The van der Waals surface area contributed by atoms with Gasteiger partial charge in [0.15, 0.2) is 0 Å². The van der Waals surface area contributed by atoms with Crippen LogP contribution in [0.5, 0.6) is 0 Å². The molecule has 0 radical (unpaired) electrons. The molecule has 6 aromatic rings. The lowest BCUT2D eigenvalue weighted by molar-refractivity contribution is 0.795. The van der Waals surface area contributed by atoms with Crippen molar-refractivity contribution in [1.29, 1.82) is 0 Å². The molecule has 6 heteroatoms. The first kappa shape index (κ1) is 20.5. The molecule has 0 atom stereocenters. The molecule has 2 N–H and O–H groups in total. The number of aromatic nitrogens is 6. The van der Waals surface area contributed by atoms with E-state index in [1.807, 2.05) is 18.6 Å². The highest BCUT2D eigenvalue weighted by molar-refractivity contribution is 6.23. The number of hydrogen-bond acceptors (Lipinski definition) is 4. The molecule has 0 amide bonds. The van der Waals surface area contributed by atoms with E-state index >= 15 is 0 Å². The molecule has 0 spiro atoms. The number of aromatic amines is 2. The smallest absolute Gasteiger partial charge is 0.132 e. The normalized spacial score (nSPS) is 12.1. The van der Waals surface area contributed by atoms with Gasteiger partial charge in [0.25, 0.3) is 0 Å². The zero-order valence-electron chi connectivity index (χ0n) is 19.7. The number of fused-ring (bicyclic) bond motifs is 6. The van der Waals surface area contributed by atoms with E-state index in [-0.39, 0.29) is 5.92 Å². The van der Waals surface area contributed by atoms with Gasteiger partial charge < -0.3 is 4.98 Å². The van der Waals surface area contributed by atoms with Crippen LogP contribution in [0.2, 0.25) is 0 Å². The van der Waals surface area contributed by atoms with E-state index in [0.717, 1.165) is 66.6 Å². The quantitative estimate of drug-likeness (QED) is 0.287. The molecule has 0 saturated heterocycles. The maximum absolute atomic E-state index is 4.89. The lowest BCUT2D eigenvalue weighted by Gasteiger charge is -2.09. The second kappa shape index (κ2) is 7.76. The fourth-order valence-electron chi connectivity index (χ4n) is 4.53. The average molecular weight is 447 g/mol. The van der Waals surface area contributed by atoms with Crippen molar-refractivity contribution >= 4 is 32.6 Å². The highest BCUT2D eigenvalue weighted by Crippen LogP contribution is 2.36. The van der Waals surface area contributed by atoms with Crippen LogP contribution >= 0.6 is 0 Å². The molecule has 0 bridgehead atoms. The maximum atomic E-state index is 4.89. The zero-order chi connectivity index (χ0) is 23.4. The number of benzene rings is 3. The predicted molar refractivity (Wildman–Crippen MR) is 138 cm³/mol. The van der Waals surface area contributed by atoms with E-state index in [0.29, 0.717) is 5.92 Å². The van der Waals surface area contributed by atoms with Gasteiger partial charge in [-0.2, -0.15) is 5.10 Å². The minimum atomic E-state index is 0.269. The Balaban J connectivity index is 1.48. The van der Waals surface area contributed by atoms with E-state index in [9.17, 15) is 0 Å². The molecule has 168 valence electrons. The molecule has 34 heavy (non-hydrogen) atoms. The molecule has 3 aromatic heterocycles. The Bertz CT molecular complexity index is 1650. The van der Waals surface area contributed by atoms with Gasteiger partial charge in [-0.05, 0) is 28.1 Å². The summed E-state index contributed by atoms with van der Waals surface area (Å²) < 4.78 is 0. The van der Waals surface area contributed by atoms with Crippen molar-refractivity contribution in [1.82, 2.24) is 30.1 Å². The Morgan fingerprint density at radius 3 is 2.09 bits per heavy atom. The monoisotopic (exact) mass is 446 g/mol. The Hall–Kier alpha value is -4.06. The molecule has 0 aliphatic rings. The number of H-pyrrole nitrogens is 2. The average Bonchev–Trinajstić information content (AvgIpc) is 3.53. The van der Waals surface area contributed by atoms with Gasteiger partial charge in [-0.15, -0.1) is 0 Å². The predicted octanol–water partition coefficient (Wildman–Crippen LogP) is 6.96. The van der Waals surface area contributed by atoms with Crippen LogP contribution in [-0.2, 0) is 0 Å². The van der Waals surface area contributed by atoms with Crippen molar-refractivity contribution in [2.24, 2.45) is 0 Å². The van der Waals surface area contributed by atoms with Crippen LogP contribution in [0.4, 0.5) is 0 Å². The molecule has 6 nitrogen and oxygen atoms in total. The molecule has 0 aliphatic heterocycles. The van der Waals surface area contributed by atoms with Crippen molar-refractivity contribution in [3.05, 3.63) is 72.7 Å². The molecule has 0 unspecified atom stereocenters. The van der Waals surface area contributed by atoms with Crippen LogP contribution in [0.3, 0.4) is 0 Å². The SMILES string of the molecule is CC(C)c1nc2c3ccc(-c4ccc(-c5cnc(C(C)C)[nH]5)cc4)cc3c3c[nH]ncc3c2n1. The second-order valence-corrected chi connectivity index (χ2v) is 9.47. The maximum Gasteiger partial charge on any atom is 0.132 e. The van der Waals surface area contributed by atoms with Crippen molar-refractivity contribution in [2.75, 3.05) is 0 Å². The van der Waals surface area contributed by atoms with E-state index in [1.165, 1.54) is 0 Å². The number of nitrogens with zero attached hydrogens (tertiary/aromatic N) is 4. The van der Waals surface area contributed by atoms with Crippen LogP contribution in [0, 0.1) is 0 Å². The van der Waals surface area contributed by atoms with E-state index in [1.54, 1.807) is 0 Å². The third-order valence-electron chi connectivity index (χ3n) is 6.45. The summed E-state index contributed by atoms with van der Waals surface area (Å²) in [6.07, 6.45) is 5.72. The van der Waals surface area contributed by atoms with Gasteiger partial charge in [-0.1, -0.05) is 64.1 Å². The van der Waals surface area contributed by atoms with Gasteiger partial charge in [0, 0.05) is 34.2 Å². The lowest BCUT2D eigenvalue weighted by Crippen LogP contribution is -1.89. The first-order valence-corrected chi connectivity index (χ1v) is 11.7. The summed E-state index contributed by atoms with van der Waals surface area (Å²) in [5.74, 6) is 2.53. The van der Waals surface area contributed by atoms with Crippen molar-refractivity contribution in [2.45, 2.75) is 39.5 Å². The summed E-state index contributed by atoms with van der Waals surface area (Å²) >= 11 is 0. The Kier molecular flexibility index (Phi) is 4.69. The second-order valence-electron chi connectivity index (χ2n) is 9.47. The first-order valence-electron chi connectivity index (χ1n) is 11.7. The molecule has 3 aromatic carbocycles. The van der Waals surface area contributed by atoms with Crippen LogP contribution < -0.4 is 0 Å². The van der Waals surface area contributed by atoms with Gasteiger partial charge in [-0.3, -0.25) is 5.10 Å². The number of nitrogens with one attached hydrogen (secondary N) is 2. The van der Waals surface area contributed by atoms with Gasteiger partial charge in [-0.25, -0.2) is 15.0 Å². The third-order valence-corrected chi connectivity index (χ3v) is 6.45. The van der Waals surface area contributed by atoms with Crippen LogP contribution in [-0.4, -0.2) is 30.1 Å². The molecule has 0 fully saturated rings. The summed E-state index contributed by atoms with van der Waals surface area (Å²) in [4.78, 5) is 17.7. The number of imidazole rings is 2. The highest BCUT2D eigenvalue weighted by Gasteiger charge is 2.16. The standard InChI is InChI=1S/C28H26N6/c1-15(2)27-29-14-24(32-27)18-7-5-17(6-8-18)19-9-10-20-21(11-19)22-12-30-31-13-23(22)26-25(20)33-28(34-26)16(3)4/h5-16,30H,1-4H3,(H,29,32). The van der Waals surface area contributed by atoms with Gasteiger partial charge in [0.05, 0.1) is 23.6 Å². The van der Waals surface area contributed by atoms with Crippen molar-refractivity contribution < 1.29 is 0 Å². The van der Waals surface area contributed by atoms with E-state index in [2.05, 4.69) is 90.3 Å². The molecular formula is C28H26N6. The fourth-order valence-corrected chi connectivity index (χ4v) is 4.53. The molecule has 6 rings (SSSR count). The summed E-state index contributed by atoms with van der Waals surface area (Å²) in [7, 11) is 0. The fraction of sp³-hybridized carbons (Fsp3) is 0.214. The number of hydrogen-bond donors (Lipinski definition) is 2. The minimum absolute atomic E-state index is 0.269. The summed E-state index contributed by atoms with van der Waals surface area (Å²) in [6.45, 7) is 8.53. The summed E-state index contributed by atoms with van der Waals surface area (Å²) in [5, 5.41) is 11.6. The van der Waals surface area contributed by atoms with Crippen LogP contribution in [0.15, 0.2) is 61.1 Å². The Morgan fingerprint density at radius 1 is 0.676 bits per heavy atom. The van der Waals surface area contributed by atoms with Gasteiger partial charge >= 0.3 is 0 Å². The molecule has 0 saturated carbocycles. The van der Waals surface area contributed by atoms with E-state index < -0.39 is 0 Å². The van der Waals surface area contributed by atoms with Gasteiger partial charge in [0.1, 0.15) is 17.2 Å². The van der Waals surface area contributed by atoms with Crippen molar-refractivity contribution in [3.63, 3.8) is 0 Å². The topological polar surface area (TPSA) is 83.1 Å². The summed E-state index contributed by atoms with van der Waals surface area (Å²) in [5.41, 5.74) is 6.36. The summed E-state index contributed by atoms with van der Waals surface area (Å²) in [6, 6.07) is 15.2. The highest BCUT2D eigenvalue weighted by atomic mass is 15.1. The van der Waals surface area contributed by atoms with Crippen LogP contribution in [0.1, 0.15) is 51.2 Å². The van der Waals surface area contributed by atoms with E-state index in [4.69, 9.17) is 9.97 Å². The lowest BCUT2D eigenvalue weighted by atomic mass is 9.96. The third kappa shape index (κ3) is 3.25. The van der Waals surface area contributed by atoms with Gasteiger partial charge in [0.2, 0.25) is 0 Å². The largest absolute Gasteiger partial charge is 0.342 e. The molecule has 3 heterocycles. The Morgan fingerprint density at radius 2 is 1.38 bits per heavy atom. The molecule has 0 aliphatic carbocycles. The minimum Gasteiger partial charge on any atom is -0.342 e. The Labute approximate surface area is 197 Å². The van der Waals surface area contributed by atoms with Crippen LogP contribution in [0.25, 0.3) is 55.0 Å². The first-order chi connectivity index (χ1) is 16.5. The molecular weight excluding hydrogens is 420 g/mol.